The summed E-state index contributed by atoms with van der Waals surface area (Å²) in [6, 6.07) is 7.32. The van der Waals surface area contributed by atoms with Gasteiger partial charge in [0, 0.05) is 13.2 Å². The Labute approximate surface area is 121 Å². The average molecular weight is 298 g/mol. The van der Waals surface area contributed by atoms with E-state index < -0.39 is 0 Å². The van der Waals surface area contributed by atoms with Crippen molar-refractivity contribution in [3.05, 3.63) is 45.8 Å². The third kappa shape index (κ3) is 3.56. The molecule has 1 aromatic carbocycles. The molecule has 19 heavy (non-hydrogen) atoms. The molecule has 0 saturated heterocycles. The lowest BCUT2D eigenvalue weighted by atomic mass is 10.2. The van der Waals surface area contributed by atoms with Crippen molar-refractivity contribution in [3.8, 4) is 0 Å². The van der Waals surface area contributed by atoms with E-state index in [-0.39, 0.29) is 0 Å². The van der Waals surface area contributed by atoms with Crippen LogP contribution in [0.1, 0.15) is 11.4 Å². The molecule has 2 rings (SSSR count). The number of para-hydroxylation sites is 1. The second-order valence-electron chi connectivity index (χ2n) is 3.98. The number of benzene rings is 1. The summed E-state index contributed by atoms with van der Waals surface area (Å²) in [5, 5.41) is 4.14. The molecular weight excluding hydrogens is 285 g/mol. The summed E-state index contributed by atoms with van der Waals surface area (Å²) < 4.78 is 5.00. The molecule has 0 bridgehead atoms. The normalized spacial score (nSPS) is 10.5. The largest absolute Gasteiger partial charge is 0.377 e. The smallest absolute Gasteiger partial charge is 0.158 e. The van der Waals surface area contributed by atoms with Gasteiger partial charge in [0.05, 0.1) is 10.7 Å². The van der Waals surface area contributed by atoms with Crippen molar-refractivity contribution in [1.82, 2.24) is 9.97 Å². The molecule has 0 aliphatic rings. The van der Waals surface area contributed by atoms with Gasteiger partial charge >= 0.3 is 0 Å². The van der Waals surface area contributed by atoms with Crippen LogP contribution in [0.15, 0.2) is 24.3 Å². The number of methoxy groups -OCH3 is 1. The van der Waals surface area contributed by atoms with E-state index in [1.807, 2.05) is 25.1 Å². The number of aryl methyl sites for hydroxylation is 1. The lowest BCUT2D eigenvalue weighted by Crippen LogP contribution is -2.02. The summed E-state index contributed by atoms with van der Waals surface area (Å²) in [4.78, 5) is 8.38. The van der Waals surface area contributed by atoms with E-state index in [0.717, 1.165) is 11.3 Å². The van der Waals surface area contributed by atoms with Crippen LogP contribution in [0.2, 0.25) is 10.2 Å². The molecule has 0 amide bonds. The van der Waals surface area contributed by atoms with Crippen LogP contribution < -0.4 is 5.32 Å². The van der Waals surface area contributed by atoms with Gasteiger partial charge in [0.1, 0.15) is 17.6 Å². The zero-order valence-corrected chi connectivity index (χ0v) is 12.1. The number of nitrogens with one attached hydrogen (secondary N) is 1. The molecule has 0 radical (unpaired) electrons. The Kier molecular flexibility index (Phi) is 4.58. The fraction of sp³-hybridized carbons (Fsp3) is 0.231. The first-order chi connectivity index (χ1) is 9.10. The number of rotatable bonds is 4. The molecule has 1 aromatic heterocycles. The summed E-state index contributed by atoms with van der Waals surface area (Å²) in [6.45, 7) is 2.27. The third-order valence-electron chi connectivity index (χ3n) is 2.49. The van der Waals surface area contributed by atoms with Gasteiger partial charge in [-0.2, -0.15) is 0 Å². The quantitative estimate of drug-likeness (QED) is 0.867. The number of hydrogen-bond acceptors (Lipinski definition) is 4. The third-order valence-corrected chi connectivity index (χ3v) is 3.00. The van der Waals surface area contributed by atoms with E-state index in [4.69, 9.17) is 27.9 Å². The highest BCUT2D eigenvalue weighted by Crippen LogP contribution is 2.28. The molecule has 0 spiro atoms. The number of halogens is 2. The van der Waals surface area contributed by atoms with Gasteiger partial charge in [-0.05, 0) is 18.6 Å². The maximum Gasteiger partial charge on any atom is 0.158 e. The van der Waals surface area contributed by atoms with Crippen molar-refractivity contribution in [1.29, 1.82) is 0 Å². The number of ether oxygens (including phenoxy) is 1. The summed E-state index contributed by atoms with van der Waals surface area (Å²) >= 11 is 12.1. The molecule has 0 saturated carbocycles. The number of nitrogens with zero attached hydrogens (tertiary/aromatic N) is 2. The van der Waals surface area contributed by atoms with E-state index in [0.29, 0.717) is 28.4 Å². The van der Waals surface area contributed by atoms with Crippen molar-refractivity contribution in [2.24, 2.45) is 0 Å². The van der Waals surface area contributed by atoms with E-state index in [1.165, 1.54) is 0 Å². The number of aromatic nitrogens is 2. The predicted molar refractivity (Wildman–Crippen MR) is 77.2 cm³/mol. The fourth-order valence-corrected chi connectivity index (χ4v) is 2.11. The predicted octanol–water partition coefficient (Wildman–Crippen LogP) is 3.98. The maximum atomic E-state index is 6.16. The van der Waals surface area contributed by atoms with E-state index in [9.17, 15) is 0 Å². The lowest BCUT2D eigenvalue weighted by molar-refractivity contribution is 0.178. The van der Waals surface area contributed by atoms with Gasteiger partial charge in [-0.3, -0.25) is 0 Å². The van der Waals surface area contributed by atoms with Crippen molar-refractivity contribution < 1.29 is 4.74 Å². The van der Waals surface area contributed by atoms with Crippen LogP contribution in [-0.4, -0.2) is 17.1 Å². The zero-order valence-electron chi connectivity index (χ0n) is 10.6. The van der Waals surface area contributed by atoms with E-state index in [2.05, 4.69) is 15.3 Å². The second-order valence-corrected chi connectivity index (χ2v) is 4.78. The number of hydrogen-bond donors (Lipinski definition) is 1. The van der Waals surface area contributed by atoms with Crippen molar-refractivity contribution >= 4 is 34.7 Å². The monoisotopic (exact) mass is 297 g/mol. The minimum absolute atomic E-state index is 0.302. The Morgan fingerprint density at radius 2 is 2.05 bits per heavy atom. The Morgan fingerprint density at radius 3 is 2.74 bits per heavy atom. The van der Waals surface area contributed by atoms with Crippen LogP contribution in [0.3, 0.4) is 0 Å². The van der Waals surface area contributed by atoms with Gasteiger partial charge < -0.3 is 10.1 Å². The van der Waals surface area contributed by atoms with Crippen LogP contribution in [0, 0.1) is 6.92 Å². The highest BCUT2D eigenvalue weighted by atomic mass is 35.5. The average Bonchev–Trinajstić information content (AvgIpc) is 2.34. The topological polar surface area (TPSA) is 47.0 Å². The van der Waals surface area contributed by atoms with Crippen LogP contribution in [0.25, 0.3) is 0 Å². The first kappa shape index (κ1) is 14.1. The highest BCUT2D eigenvalue weighted by Gasteiger charge is 2.07. The molecular formula is C13H13Cl2N3O. The summed E-state index contributed by atoms with van der Waals surface area (Å²) in [7, 11) is 1.58. The highest BCUT2D eigenvalue weighted by molar-refractivity contribution is 6.33. The minimum atomic E-state index is 0.302. The first-order valence-electron chi connectivity index (χ1n) is 5.64. The van der Waals surface area contributed by atoms with Gasteiger partial charge in [-0.15, -0.1) is 0 Å². The lowest BCUT2D eigenvalue weighted by Gasteiger charge is -2.11. The molecule has 4 nitrogen and oxygen atoms in total. The van der Waals surface area contributed by atoms with Crippen molar-refractivity contribution in [3.63, 3.8) is 0 Å². The van der Waals surface area contributed by atoms with Gasteiger partial charge in [0.25, 0.3) is 0 Å². The zero-order chi connectivity index (χ0) is 13.8. The van der Waals surface area contributed by atoms with Crippen LogP contribution >= 0.6 is 23.2 Å². The van der Waals surface area contributed by atoms with Crippen LogP contribution in [0.5, 0.6) is 0 Å². The fourth-order valence-electron chi connectivity index (χ4n) is 1.64. The second kappa shape index (κ2) is 6.19. The molecule has 0 unspecified atom stereocenters. The molecule has 2 aromatic rings. The summed E-state index contributed by atoms with van der Waals surface area (Å²) in [5.41, 5.74) is 1.83. The molecule has 0 fully saturated rings. The van der Waals surface area contributed by atoms with E-state index >= 15 is 0 Å². The Bertz CT molecular complexity index is 570. The summed E-state index contributed by atoms with van der Waals surface area (Å²) in [6.07, 6.45) is 0. The van der Waals surface area contributed by atoms with E-state index in [1.54, 1.807) is 13.2 Å². The van der Waals surface area contributed by atoms with Crippen molar-refractivity contribution in [2.45, 2.75) is 13.5 Å². The molecule has 100 valence electrons. The standard InChI is InChI=1S/C13H13Cl2N3O/c1-8-4-3-5-9(14)13(8)18-11-6-10(15)16-12(17-11)7-19-2/h3-6H,7H2,1-2H3,(H,16,17,18). The SMILES string of the molecule is COCc1nc(Cl)cc(Nc2c(C)cccc2Cl)n1. The van der Waals surface area contributed by atoms with Gasteiger partial charge in [-0.1, -0.05) is 35.3 Å². The minimum Gasteiger partial charge on any atom is -0.377 e. The molecule has 1 heterocycles. The van der Waals surface area contributed by atoms with Crippen LogP contribution in [0.4, 0.5) is 11.5 Å². The van der Waals surface area contributed by atoms with Gasteiger partial charge in [-0.25, -0.2) is 9.97 Å². The molecule has 1 N–H and O–H groups in total. The molecule has 0 aliphatic carbocycles. The van der Waals surface area contributed by atoms with Gasteiger partial charge in [0.15, 0.2) is 5.82 Å². The maximum absolute atomic E-state index is 6.16. The van der Waals surface area contributed by atoms with Crippen molar-refractivity contribution in [2.75, 3.05) is 12.4 Å². The summed E-state index contributed by atoms with van der Waals surface area (Å²) in [5.74, 6) is 1.10. The van der Waals surface area contributed by atoms with Gasteiger partial charge in [0.2, 0.25) is 0 Å². The van der Waals surface area contributed by atoms with Crippen LogP contribution in [-0.2, 0) is 11.3 Å². The molecule has 0 atom stereocenters. The molecule has 0 aliphatic heterocycles. The Balaban J connectivity index is 2.33. The first-order valence-corrected chi connectivity index (χ1v) is 6.40. The Hall–Kier alpha value is -1.36. The molecule has 6 heteroatoms. The number of anilines is 2. The Morgan fingerprint density at radius 1 is 1.26 bits per heavy atom.